The Morgan fingerprint density at radius 2 is 1.74 bits per heavy atom. The predicted molar refractivity (Wildman–Crippen MR) is 145 cm³/mol. The largest absolute Gasteiger partial charge is 0.475 e. The molecule has 0 aromatic rings. The molecular weight excluding hydrogens is 502 g/mol. The number of likely N-dealkylation sites (tertiary alicyclic amines) is 1. The number of unbranched alkanes of at least 4 members (excludes halogenated alkanes) is 1. The molecule has 5 atom stereocenters. The molecule has 3 fully saturated rings. The van der Waals surface area contributed by atoms with Gasteiger partial charge in [0, 0.05) is 6.54 Å². The Balaban J connectivity index is 1.84. The van der Waals surface area contributed by atoms with Gasteiger partial charge in [-0.05, 0) is 76.0 Å². The van der Waals surface area contributed by atoms with Crippen LogP contribution in [0.3, 0.4) is 0 Å². The van der Waals surface area contributed by atoms with Gasteiger partial charge in [0.05, 0.1) is 6.04 Å². The fourth-order valence-electron chi connectivity index (χ4n) is 6.42. The number of carboxylic acid groups (broad SMARTS) is 1. The van der Waals surface area contributed by atoms with Crippen LogP contribution in [0.5, 0.6) is 0 Å². The van der Waals surface area contributed by atoms with E-state index in [2.05, 4.69) is 17.2 Å². The number of carbonyl (C=O) groups is 5. The van der Waals surface area contributed by atoms with Crippen molar-refractivity contribution >= 4 is 29.7 Å². The summed E-state index contributed by atoms with van der Waals surface area (Å²) in [6, 6.07) is -2.88. The fraction of sp³-hybridized carbons (Fsp3) is 0.759. The molecule has 0 aromatic carbocycles. The van der Waals surface area contributed by atoms with Crippen LogP contribution in [0.1, 0.15) is 86.0 Å². The third-order valence-electron chi connectivity index (χ3n) is 8.56. The molecule has 1 unspecified atom stereocenters. The van der Waals surface area contributed by atoms with Crippen molar-refractivity contribution in [3.05, 3.63) is 12.7 Å². The van der Waals surface area contributed by atoms with Crippen LogP contribution in [0.15, 0.2) is 12.7 Å². The Labute approximate surface area is 231 Å². The van der Waals surface area contributed by atoms with Crippen molar-refractivity contribution in [2.75, 3.05) is 6.54 Å². The van der Waals surface area contributed by atoms with E-state index in [9.17, 15) is 29.1 Å². The second kappa shape index (κ2) is 12.1. The molecule has 0 bridgehead atoms. The van der Waals surface area contributed by atoms with Gasteiger partial charge in [-0.15, -0.1) is 6.58 Å². The lowest BCUT2D eigenvalue weighted by molar-refractivity contribution is -0.151. The zero-order valence-corrected chi connectivity index (χ0v) is 24.0. The number of amides is 3. The summed E-state index contributed by atoms with van der Waals surface area (Å²) in [5.74, 6) is -3.65. The van der Waals surface area contributed by atoms with Crippen LogP contribution in [0.2, 0.25) is 0 Å². The number of nitrogens with zero attached hydrogens (tertiary/aromatic N) is 1. The highest BCUT2D eigenvalue weighted by Crippen LogP contribution is 2.65. The molecule has 2 aliphatic carbocycles. The quantitative estimate of drug-likeness (QED) is 0.204. The lowest BCUT2D eigenvalue weighted by Crippen LogP contribution is -2.59. The van der Waals surface area contributed by atoms with Gasteiger partial charge in [-0.2, -0.15) is 0 Å². The number of allylic oxidation sites excluding steroid dienone is 1. The molecule has 10 nitrogen and oxygen atoms in total. The molecule has 3 N–H and O–H groups in total. The minimum absolute atomic E-state index is 0.0762. The monoisotopic (exact) mass is 547 g/mol. The summed E-state index contributed by atoms with van der Waals surface area (Å²) < 4.78 is 5.46. The number of nitrogens with one attached hydrogen (secondary N) is 2. The first-order chi connectivity index (χ1) is 18.2. The molecule has 0 radical (unpaired) electrons. The van der Waals surface area contributed by atoms with Crippen molar-refractivity contribution < 1.29 is 33.8 Å². The highest BCUT2D eigenvalue weighted by Gasteiger charge is 2.69. The lowest BCUT2D eigenvalue weighted by Gasteiger charge is -2.37. The van der Waals surface area contributed by atoms with Crippen molar-refractivity contribution in [3.63, 3.8) is 0 Å². The predicted octanol–water partition coefficient (Wildman–Crippen LogP) is 3.44. The van der Waals surface area contributed by atoms with E-state index in [4.69, 9.17) is 4.74 Å². The maximum absolute atomic E-state index is 14.1. The zero-order valence-electron chi connectivity index (χ0n) is 24.0. The number of aliphatic carboxylic acids is 1. The van der Waals surface area contributed by atoms with Gasteiger partial charge in [0.15, 0.2) is 0 Å². The number of hydrogen-bond acceptors (Lipinski definition) is 6. The molecule has 218 valence electrons. The molecule has 0 spiro atoms. The van der Waals surface area contributed by atoms with Crippen molar-refractivity contribution in [2.45, 2.75) is 110 Å². The fourth-order valence-corrected chi connectivity index (χ4v) is 6.42. The first kappa shape index (κ1) is 30.6. The summed E-state index contributed by atoms with van der Waals surface area (Å²) in [4.78, 5) is 65.9. The Morgan fingerprint density at radius 3 is 2.31 bits per heavy atom. The molecule has 3 amide bonds. The molecule has 10 heteroatoms. The van der Waals surface area contributed by atoms with E-state index in [-0.39, 0.29) is 35.5 Å². The number of Topliss-reactive ketones (excluding diaryl/α,β-unsaturated/α-hetero) is 1. The van der Waals surface area contributed by atoms with Gasteiger partial charge in [0.25, 0.3) is 5.78 Å². The van der Waals surface area contributed by atoms with Crippen LogP contribution in [0.25, 0.3) is 0 Å². The highest BCUT2D eigenvalue weighted by molar-refractivity contribution is 6.35. The summed E-state index contributed by atoms with van der Waals surface area (Å²) in [5, 5.41) is 14.8. The van der Waals surface area contributed by atoms with E-state index >= 15 is 0 Å². The standard InChI is InChI=1S/C29H45N3O7/c1-7-8-10-15-19(23(33)26(36)37)30-24(34)22-20-18(29(20,5)6)16-32(22)25(35)21(17-13-11-9-12-14-17)31-27(38)39-28(2,3)4/h7,17-22H,1,8-16H2,2-6H3,(H,30,34)(H,31,38)(H,36,37)/t18-,19?,20-,21-,22-/m0/s1. The van der Waals surface area contributed by atoms with Crippen LogP contribution in [-0.2, 0) is 23.9 Å². The van der Waals surface area contributed by atoms with Crippen LogP contribution in [-0.4, -0.2) is 69.9 Å². The number of carboxylic acids is 1. The Hall–Kier alpha value is -2.91. The molecule has 2 saturated carbocycles. The SMILES string of the molecule is C=CCCCC(NC(=O)[C@@H]1[C@@H]2[C@H](CN1C(=O)[C@@H](NC(=O)OC(C)(C)C)C1CCCCC1)C2(C)C)C(=O)C(=O)O. The van der Waals surface area contributed by atoms with E-state index in [0.717, 1.165) is 32.1 Å². The van der Waals surface area contributed by atoms with E-state index in [0.29, 0.717) is 19.4 Å². The second-order valence-electron chi connectivity index (χ2n) is 12.9. The summed E-state index contributed by atoms with van der Waals surface area (Å²) in [5.41, 5.74) is -0.907. The van der Waals surface area contributed by atoms with Crippen molar-refractivity contribution in [2.24, 2.45) is 23.2 Å². The summed E-state index contributed by atoms with van der Waals surface area (Å²) in [6.07, 6.45) is 6.77. The first-order valence-electron chi connectivity index (χ1n) is 14.2. The van der Waals surface area contributed by atoms with Crippen LogP contribution in [0.4, 0.5) is 4.79 Å². The molecule has 3 rings (SSSR count). The maximum Gasteiger partial charge on any atom is 0.408 e. The van der Waals surface area contributed by atoms with E-state index in [1.807, 2.05) is 13.8 Å². The first-order valence-corrected chi connectivity index (χ1v) is 14.2. The molecule has 1 heterocycles. The van der Waals surface area contributed by atoms with Crippen LogP contribution in [0, 0.1) is 23.2 Å². The number of ether oxygens (including phenoxy) is 1. The Bertz CT molecular complexity index is 980. The number of carbonyl (C=O) groups excluding carboxylic acids is 4. The molecular formula is C29H45N3O7. The number of rotatable bonds is 11. The lowest BCUT2D eigenvalue weighted by atomic mass is 9.83. The van der Waals surface area contributed by atoms with Gasteiger partial charge in [0.1, 0.15) is 17.7 Å². The average molecular weight is 548 g/mol. The zero-order chi connectivity index (χ0) is 29.1. The van der Waals surface area contributed by atoms with Gasteiger partial charge in [0.2, 0.25) is 11.8 Å². The maximum atomic E-state index is 14.1. The molecule has 1 saturated heterocycles. The van der Waals surface area contributed by atoms with E-state index < -0.39 is 47.5 Å². The van der Waals surface area contributed by atoms with Gasteiger partial charge in [-0.25, -0.2) is 9.59 Å². The highest BCUT2D eigenvalue weighted by atomic mass is 16.6. The van der Waals surface area contributed by atoms with Gasteiger partial charge in [-0.1, -0.05) is 39.2 Å². The minimum atomic E-state index is -1.61. The van der Waals surface area contributed by atoms with Gasteiger partial charge < -0.3 is 25.4 Å². The van der Waals surface area contributed by atoms with Crippen molar-refractivity contribution in [1.82, 2.24) is 15.5 Å². The smallest absolute Gasteiger partial charge is 0.408 e. The molecule has 3 aliphatic rings. The summed E-state index contributed by atoms with van der Waals surface area (Å²) in [7, 11) is 0. The number of hydrogen-bond donors (Lipinski definition) is 3. The normalized spacial score (nSPS) is 25.6. The Morgan fingerprint density at radius 1 is 1.10 bits per heavy atom. The molecule has 1 aliphatic heterocycles. The third kappa shape index (κ3) is 7.19. The van der Waals surface area contributed by atoms with E-state index in [1.54, 1.807) is 31.7 Å². The molecule has 39 heavy (non-hydrogen) atoms. The molecule has 0 aromatic heterocycles. The second-order valence-corrected chi connectivity index (χ2v) is 12.9. The number of piperidine rings is 1. The van der Waals surface area contributed by atoms with E-state index in [1.165, 1.54) is 0 Å². The van der Waals surface area contributed by atoms with Crippen LogP contribution < -0.4 is 10.6 Å². The Kier molecular flexibility index (Phi) is 9.49. The van der Waals surface area contributed by atoms with Crippen molar-refractivity contribution in [1.29, 1.82) is 0 Å². The summed E-state index contributed by atoms with van der Waals surface area (Å²) in [6.45, 7) is 13.4. The van der Waals surface area contributed by atoms with Crippen LogP contribution >= 0.6 is 0 Å². The van der Waals surface area contributed by atoms with Gasteiger partial charge in [-0.3, -0.25) is 14.4 Å². The average Bonchev–Trinajstić information content (AvgIpc) is 3.17. The topological polar surface area (TPSA) is 142 Å². The minimum Gasteiger partial charge on any atom is -0.475 e. The van der Waals surface area contributed by atoms with Crippen molar-refractivity contribution in [3.8, 4) is 0 Å². The third-order valence-corrected chi connectivity index (χ3v) is 8.56. The number of ketones is 1. The van der Waals surface area contributed by atoms with Gasteiger partial charge >= 0.3 is 12.1 Å². The summed E-state index contributed by atoms with van der Waals surface area (Å²) >= 11 is 0. The number of fused-ring (bicyclic) bond motifs is 1. The number of alkyl carbamates (subject to hydrolysis) is 1.